The molecule has 3 aliphatic rings. The van der Waals surface area contributed by atoms with Crippen LogP contribution in [0, 0.1) is 5.41 Å². The summed E-state index contributed by atoms with van der Waals surface area (Å²) >= 11 is 0. The highest BCUT2D eigenvalue weighted by Gasteiger charge is 2.50. The molecule has 5 rings (SSSR count). The first-order valence-electron chi connectivity index (χ1n) is 10.4. The SMILES string of the molecule is COc1ccc(Oc2cccc(C34CCC(CCOCC(=O)O)(CC3)CO4)c2)cc1. The Hall–Kier alpha value is -2.57. The summed E-state index contributed by atoms with van der Waals surface area (Å²) in [5.74, 6) is 1.43. The Morgan fingerprint density at radius 2 is 1.77 bits per heavy atom. The van der Waals surface area contributed by atoms with Crippen LogP contribution in [0.3, 0.4) is 0 Å². The molecule has 30 heavy (non-hydrogen) atoms. The summed E-state index contributed by atoms with van der Waals surface area (Å²) in [7, 11) is 1.64. The van der Waals surface area contributed by atoms with Crippen molar-refractivity contribution in [2.75, 3.05) is 26.9 Å². The third kappa shape index (κ3) is 4.45. The van der Waals surface area contributed by atoms with Gasteiger partial charge in [-0.15, -0.1) is 0 Å². The van der Waals surface area contributed by atoms with Gasteiger partial charge in [0.15, 0.2) is 0 Å². The van der Waals surface area contributed by atoms with Gasteiger partial charge in [-0.25, -0.2) is 4.79 Å². The van der Waals surface area contributed by atoms with Crippen LogP contribution in [0.5, 0.6) is 17.2 Å². The lowest BCUT2D eigenvalue weighted by atomic mass is 9.63. The lowest BCUT2D eigenvalue weighted by Gasteiger charge is -2.53. The third-order valence-electron chi connectivity index (χ3n) is 6.43. The molecule has 0 amide bonds. The van der Waals surface area contributed by atoms with E-state index in [9.17, 15) is 4.79 Å². The summed E-state index contributed by atoms with van der Waals surface area (Å²) in [5, 5.41) is 8.71. The predicted molar refractivity (Wildman–Crippen MR) is 111 cm³/mol. The molecular weight excluding hydrogens is 384 g/mol. The maximum absolute atomic E-state index is 10.6. The smallest absolute Gasteiger partial charge is 0.329 e. The fraction of sp³-hybridized carbons (Fsp3) is 0.458. The van der Waals surface area contributed by atoms with Crippen molar-refractivity contribution in [2.45, 2.75) is 37.7 Å². The largest absolute Gasteiger partial charge is 0.497 e. The molecule has 1 N–H and O–H groups in total. The van der Waals surface area contributed by atoms with Crippen molar-refractivity contribution in [2.24, 2.45) is 5.41 Å². The Morgan fingerprint density at radius 1 is 1.03 bits per heavy atom. The summed E-state index contributed by atoms with van der Waals surface area (Å²) < 4.78 is 22.9. The Morgan fingerprint density at radius 3 is 2.40 bits per heavy atom. The van der Waals surface area contributed by atoms with Gasteiger partial charge in [0, 0.05) is 6.61 Å². The Balaban J connectivity index is 1.39. The number of fused-ring (bicyclic) bond motifs is 3. The normalized spacial score (nSPS) is 25.1. The highest BCUT2D eigenvalue weighted by atomic mass is 16.5. The highest BCUT2D eigenvalue weighted by molar-refractivity contribution is 5.67. The second-order valence-corrected chi connectivity index (χ2v) is 8.28. The van der Waals surface area contributed by atoms with E-state index < -0.39 is 5.97 Å². The zero-order chi connectivity index (χ0) is 21.0. The molecule has 6 heteroatoms. The average molecular weight is 412 g/mol. The van der Waals surface area contributed by atoms with Crippen LogP contribution in [0.25, 0.3) is 0 Å². The molecule has 6 nitrogen and oxygen atoms in total. The minimum Gasteiger partial charge on any atom is -0.497 e. The topological polar surface area (TPSA) is 74.2 Å². The van der Waals surface area contributed by atoms with Gasteiger partial charge in [-0.05, 0) is 79.5 Å². The van der Waals surface area contributed by atoms with Gasteiger partial charge in [0.05, 0.1) is 19.3 Å². The maximum atomic E-state index is 10.6. The van der Waals surface area contributed by atoms with Gasteiger partial charge < -0.3 is 24.1 Å². The molecule has 1 aliphatic carbocycles. The molecule has 0 aromatic heterocycles. The summed E-state index contributed by atoms with van der Waals surface area (Å²) in [6, 6.07) is 15.7. The summed E-state index contributed by atoms with van der Waals surface area (Å²) in [6.45, 7) is 0.919. The van der Waals surface area contributed by atoms with Crippen LogP contribution in [-0.4, -0.2) is 38.0 Å². The number of carbonyl (C=O) groups is 1. The fourth-order valence-electron chi connectivity index (χ4n) is 4.53. The third-order valence-corrected chi connectivity index (χ3v) is 6.43. The van der Waals surface area contributed by atoms with Crippen LogP contribution in [0.4, 0.5) is 0 Å². The van der Waals surface area contributed by atoms with Gasteiger partial charge in [-0.1, -0.05) is 12.1 Å². The second-order valence-electron chi connectivity index (χ2n) is 8.28. The first kappa shape index (κ1) is 20.7. The molecule has 2 saturated heterocycles. The molecular formula is C24H28O6. The predicted octanol–water partition coefficient (Wildman–Crippen LogP) is 4.76. The first-order chi connectivity index (χ1) is 14.5. The lowest BCUT2D eigenvalue weighted by molar-refractivity contribution is -0.194. The Kier molecular flexibility index (Phi) is 5.97. The van der Waals surface area contributed by atoms with E-state index in [-0.39, 0.29) is 17.6 Å². The quantitative estimate of drug-likeness (QED) is 0.599. The number of hydrogen-bond acceptors (Lipinski definition) is 5. The zero-order valence-electron chi connectivity index (χ0n) is 17.3. The minimum absolute atomic E-state index is 0.109. The van der Waals surface area contributed by atoms with Crippen molar-refractivity contribution < 1.29 is 28.8 Å². The van der Waals surface area contributed by atoms with Gasteiger partial charge >= 0.3 is 5.97 Å². The summed E-state index contributed by atoms with van der Waals surface area (Å²) in [6.07, 6.45) is 4.88. The van der Waals surface area contributed by atoms with Gasteiger partial charge in [-0.2, -0.15) is 0 Å². The number of carboxylic acid groups (broad SMARTS) is 1. The van der Waals surface area contributed by atoms with Crippen molar-refractivity contribution in [3.8, 4) is 17.2 Å². The molecule has 1 saturated carbocycles. The molecule has 160 valence electrons. The molecule has 3 fully saturated rings. The number of ether oxygens (including phenoxy) is 4. The van der Waals surface area contributed by atoms with Crippen LogP contribution in [0.1, 0.15) is 37.7 Å². The second kappa shape index (κ2) is 8.66. The van der Waals surface area contributed by atoms with E-state index in [0.29, 0.717) is 13.2 Å². The Labute approximate surface area is 176 Å². The van der Waals surface area contributed by atoms with E-state index in [2.05, 4.69) is 12.1 Å². The van der Waals surface area contributed by atoms with E-state index in [0.717, 1.165) is 54.9 Å². The molecule has 0 radical (unpaired) electrons. The maximum Gasteiger partial charge on any atom is 0.329 e. The number of hydrogen-bond donors (Lipinski definition) is 1. The monoisotopic (exact) mass is 412 g/mol. The molecule has 2 bridgehead atoms. The molecule has 2 aromatic carbocycles. The summed E-state index contributed by atoms with van der Waals surface area (Å²) in [5.41, 5.74) is 1.00. The van der Waals surface area contributed by atoms with Crippen molar-refractivity contribution in [1.29, 1.82) is 0 Å². The Bertz CT molecular complexity index is 851. The number of methoxy groups -OCH3 is 1. The number of rotatable bonds is 9. The van der Waals surface area contributed by atoms with Crippen LogP contribution >= 0.6 is 0 Å². The van der Waals surface area contributed by atoms with Crippen molar-refractivity contribution in [1.82, 2.24) is 0 Å². The standard InChI is InChI=1S/C24H28O6/c1-27-19-5-7-20(8-6-19)30-21-4-2-3-18(15-21)24-11-9-23(10-12-24,17-29-24)13-14-28-16-22(25)26/h2-8,15H,9-14,16-17H2,1H3,(H,25,26). The van der Waals surface area contributed by atoms with Crippen LogP contribution in [0.2, 0.25) is 0 Å². The lowest BCUT2D eigenvalue weighted by Crippen LogP contribution is -2.49. The van der Waals surface area contributed by atoms with Gasteiger partial charge in [-0.3, -0.25) is 0 Å². The molecule has 2 aromatic rings. The van der Waals surface area contributed by atoms with Crippen molar-refractivity contribution in [3.05, 3.63) is 54.1 Å². The fourth-order valence-corrected chi connectivity index (χ4v) is 4.53. The van der Waals surface area contributed by atoms with E-state index in [1.807, 2.05) is 36.4 Å². The first-order valence-corrected chi connectivity index (χ1v) is 10.4. The van der Waals surface area contributed by atoms with Crippen molar-refractivity contribution >= 4 is 5.97 Å². The average Bonchev–Trinajstić information content (AvgIpc) is 2.79. The molecule has 2 aliphatic heterocycles. The molecule has 0 spiro atoms. The van der Waals surface area contributed by atoms with Crippen LogP contribution < -0.4 is 9.47 Å². The number of aliphatic carboxylic acids is 1. The number of benzene rings is 2. The van der Waals surface area contributed by atoms with E-state index >= 15 is 0 Å². The highest BCUT2D eigenvalue weighted by Crippen LogP contribution is 2.55. The van der Waals surface area contributed by atoms with E-state index in [4.69, 9.17) is 24.1 Å². The summed E-state index contributed by atoms with van der Waals surface area (Å²) in [4.78, 5) is 10.6. The van der Waals surface area contributed by atoms with E-state index in [1.54, 1.807) is 7.11 Å². The van der Waals surface area contributed by atoms with E-state index in [1.165, 1.54) is 0 Å². The zero-order valence-corrected chi connectivity index (χ0v) is 17.3. The van der Waals surface area contributed by atoms with Crippen LogP contribution in [0.15, 0.2) is 48.5 Å². The molecule has 0 atom stereocenters. The van der Waals surface area contributed by atoms with Crippen molar-refractivity contribution in [3.63, 3.8) is 0 Å². The van der Waals surface area contributed by atoms with Gasteiger partial charge in [0.25, 0.3) is 0 Å². The minimum atomic E-state index is -0.924. The van der Waals surface area contributed by atoms with Crippen LogP contribution in [-0.2, 0) is 19.9 Å². The molecule has 2 heterocycles. The number of carboxylic acids is 1. The molecule has 0 unspecified atom stereocenters. The van der Waals surface area contributed by atoms with Gasteiger partial charge in [0.1, 0.15) is 23.9 Å². The van der Waals surface area contributed by atoms with Gasteiger partial charge in [0.2, 0.25) is 0 Å².